The molecule has 1 fully saturated rings. The molecule has 2 amide bonds. The average Bonchev–Trinajstić information content (AvgIpc) is 3.10. The molecular formula is C24H27N3O2. The van der Waals surface area contributed by atoms with E-state index in [0.29, 0.717) is 0 Å². The third-order valence-corrected chi connectivity index (χ3v) is 6.01. The van der Waals surface area contributed by atoms with E-state index in [4.69, 9.17) is 4.99 Å². The van der Waals surface area contributed by atoms with Crippen molar-refractivity contribution in [2.75, 3.05) is 16.8 Å². The number of nitrogens with zero attached hydrogens (tertiary/aromatic N) is 2. The molecule has 0 aromatic heterocycles. The van der Waals surface area contributed by atoms with Crippen molar-refractivity contribution >= 4 is 34.6 Å². The molecule has 4 rings (SSSR count). The molecule has 1 aliphatic carbocycles. The Morgan fingerprint density at radius 3 is 2.66 bits per heavy atom. The summed E-state index contributed by atoms with van der Waals surface area (Å²) in [6, 6.07) is 9.98. The molecule has 150 valence electrons. The number of hydrogen-bond acceptors (Lipinski definition) is 3. The van der Waals surface area contributed by atoms with Gasteiger partial charge in [-0.05, 0) is 87.4 Å². The second kappa shape index (κ2) is 7.47. The molecule has 1 heterocycles. The summed E-state index contributed by atoms with van der Waals surface area (Å²) in [5, 5.41) is 2.99. The van der Waals surface area contributed by atoms with E-state index >= 15 is 0 Å². The summed E-state index contributed by atoms with van der Waals surface area (Å²) in [7, 11) is 0. The van der Waals surface area contributed by atoms with Gasteiger partial charge >= 0.3 is 0 Å². The van der Waals surface area contributed by atoms with Crippen molar-refractivity contribution < 1.29 is 9.59 Å². The first-order valence-corrected chi connectivity index (χ1v) is 10.2. The Labute approximate surface area is 171 Å². The molecule has 2 aromatic carbocycles. The van der Waals surface area contributed by atoms with Gasteiger partial charge in [0, 0.05) is 11.4 Å². The van der Waals surface area contributed by atoms with Crippen molar-refractivity contribution in [1.29, 1.82) is 0 Å². The number of fused-ring (bicyclic) bond motifs is 2. The molecule has 1 aliphatic heterocycles. The number of benzene rings is 2. The maximum Gasteiger partial charge on any atom is 0.244 e. The average molecular weight is 389 g/mol. The van der Waals surface area contributed by atoms with E-state index in [-0.39, 0.29) is 24.3 Å². The second-order valence-electron chi connectivity index (χ2n) is 8.26. The Morgan fingerprint density at radius 2 is 1.86 bits per heavy atom. The number of aryl methyl sites for hydroxylation is 4. The first-order chi connectivity index (χ1) is 13.8. The Hall–Kier alpha value is -2.95. The highest BCUT2D eigenvalue weighted by atomic mass is 16.2. The predicted octanol–water partition coefficient (Wildman–Crippen LogP) is 4.78. The maximum absolute atomic E-state index is 13.4. The van der Waals surface area contributed by atoms with Gasteiger partial charge in [-0.2, -0.15) is 0 Å². The van der Waals surface area contributed by atoms with E-state index in [1.807, 2.05) is 58.0 Å². The lowest BCUT2D eigenvalue weighted by molar-refractivity contribution is -0.122. The molecule has 1 atom stereocenters. The SMILES string of the molecule is Cc1ccc(C)c(NC(=O)CN2C(=O)[C@@H]3CCCC3=Nc3cc(C)c(C)cc32)c1. The number of carbonyl (C=O) groups excluding carboxylic acids is 2. The van der Waals surface area contributed by atoms with Gasteiger partial charge in [0.1, 0.15) is 6.54 Å². The molecule has 5 nitrogen and oxygen atoms in total. The second-order valence-corrected chi connectivity index (χ2v) is 8.26. The Bertz CT molecular complexity index is 1040. The molecular weight excluding hydrogens is 362 g/mol. The van der Waals surface area contributed by atoms with Crippen LogP contribution in [-0.2, 0) is 9.59 Å². The van der Waals surface area contributed by atoms with Crippen LogP contribution in [0.5, 0.6) is 0 Å². The van der Waals surface area contributed by atoms with Gasteiger partial charge in [0.25, 0.3) is 0 Å². The van der Waals surface area contributed by atoms with Crippen molar-refractivity contribution in [2.24, 2.45) is 10.9 Å². The van der Waals surface area contributed by atoms with E-state index in [0.717, 1.165) is 64.3 Å². The zero-order valence-corrected chi connectivity index (χ0v) is 17.5. The van der Waals surface area contributed by atoms with Crippen LogP contribution in [0.2, 0.25) is 0 Å². The van der Waals surface area contributed by atoms with Crippen LogP contribution in [0.3, 0.4) is 0 Å². The predicted molar refractivity (Wildman–Crippen MR) is 117 cm³/mol. The van der Waals surface area contributed by atoms with Gasteiger partial charge in [0.15, 0.2) is 0 Å². The minimum Gasteiger partial charge on any atom is -0.324 e. The number of amides is 2. The smallest absolute Gasteiger partial charge is 0.244 e. The number of carbonyl (C=O) groups is 2. The third-order valence-electron chi connectivity index (χ3n) is 6.01. The lowest BCUT2D eigenvalue weighted by Crippen LogP contribution is -2.42. The molecule has 0 radical (unpaired) electrons. The van der Waals surface area contributed by atoms with E-state index in [1.54, 1.807) is 4.90 Å². The van der Waals surface area contributed by atoms with Crippen LogP contribution >= 0.6 is 0 Å². The van der Waals surface area contributed by atoms with Gasteiger partial charge < -0.3 is 10.2 Å². The molecule has 0 bridgehead atoms. The van der Waals surface area contributed by atoms with Gasteiger partial charge in [-0.1, -0.05) is 12.1 Å². The summed E-state index contributed by atoms with van der Waals surface area (Å²) >= 11 is 0. The fourth-order valence-electron chi connectivity index (χ4n) is 4.15. The number of hydrogen-bond donors (Lipinski definition) is 1. The van der Waals surface area contributed by atoms with Crippen LogP contribution < -0.4 is 10.2 Å². The minimum absolute atomic E-state index is 0.0129. The summed E-state index contributed by atoms with van der Waals surface area (Å²) in [5.74, 6) is -0.423. The summed E-state index contributed by atoms with van der Waals surface area (Å²) in [6.07, 6.45) is 2.63. The molecule has 2 aromatic rings. The molecule has 1 N–H and O–H groups in total. The number of rotatable bonds is 3. The van der Waals surface area contributed by atoms with Crippen molar-refractivity contribution in [1.82, 2.24) is 0 Å². The first-order valence-electron chi connectivity index (χ1n) is 10.2. The molecule has 1 saturated carbocycles. The molecule has 5 heteroatoms. The third kappa shape index (κ3) is 3.69. The van der Waals surface area contributed by atoms with Crippen molar-refractivity contribution in [3.05, 3.63) is 52.6 Å². The van der Waals surface area contributed by atoms with Crippen LogP contribution in [0.25, 0.3) is 0 Å². The Balaban J connectivity index is 1.67. The van der Waals surface area contributed by atoms with Gasteiger partial charge in [0.2, 0.25) is 11.8 Å². The zero-order chi connectivity index (χ0) is 20.7. The fourth-order valence-corrected chi connectivity index (χ4v) is 4.15. The highest BCUT2D eigenvalue weighted by molar-refractivity contribution is 6.17. The van der Waals surface area contributed by atoms with Crippen LogP contribution in [-0.4, -0.2) is 24.1 Å². The molecule has 0 spiro atoms. The largest absolute Gasteiger partial charge is 0.324 e. The maximum atomic E-state index is 13.4. The lowest BCUT2D eigenvalue weighted by Gasteiger charge is -2.25. The fraction of sp³-hybridized carbons (Fsp3) is 0.375. The Morgan fingerprint density at radius 1 is 1.10 bits per heavy atom. The van der Waals surface area contributed by atoms with Crippen molar-refractivity contribution in [3.8, 4) is 0 Å². The summed E-state index contributed by atoms with van der Waals surface area (Å²) < 4.78 is 0. The molecule has 29 heavy (non-hydrogen) atoms. The number of aliphatic imine (C=N–C) groups is 1. The van der Waals surface area contributed by atoms with Gasteiger partial charge in [-0.3, -0.25) is 14.6 Å². The quantitative estimate of drug-likeness (QED) is 0.821. The number of anilines is 2. The van der Waals surface area contributed by atoms with E-state index in [9.17, 15) is 9.59 Å². The lowest BCUT2D eigenvalue weighted by atomic mass is 10.0. The van der Waals surface area contributed by atoms with Crippen LogP contribution in [0.1, 0.15) is 41.5 Å². The van der Waals surface area contributed by atoms with Crippen LogP contribution in [0, 0.1) is 33.6 Å². The monoisotopic (exact) mass is 389 g/mol. The van der Waals surface area contributed by atoms with E-state index in [1.165, 1.54) is 0 Å². The highest BCUT2D eigenvalue weighted by Crippen LogP contribution is 2.39. The van der Waals surface area contributed by atoms with Crippen LogP contribution in [0.15, 0.2) is 35.3 Å². The standard InChI is InChI=1S/C24H27N3O2/c1-14-8-9-15(2)20(10-14)26-23(28)13-27-22-12-17(4)16(3)11-21(22)25-19-7-5-6-18(19)24(27)29/h8-12,18H,5-7,13H2,1-4H3,(H,26,28)/t18-/m1/s1. The van der Waals surface area contributed by atoms with E-state index < -0.39 is 0 Å². The summed E-state index contributed by atoms with van der Waals surface area (Å²) in [6.45, 7) is 8.01. The number of nitrogens with one attached hydrogen (secondary N) is 1. The topological polar surface area (TPSA) is 61.8 Å². The normalized spacial score (nSPS) is 18.1. The molecule has 0 unspecified atom stereocenters. The summed E-state index contributed by atoms with van der Waals surface area (Å²) in [5.41, 5.74) is 7.57. The Kier molecular flexibility index (Phi) is 4.99. The van der Waals surface area contributed by atoms with Gasteiger partial charge in [-0.25, -0.2) is 0 Å². The van der Waals surface area contributed by atoms with E-state index in [2.05, 4.69) is 5.32 Å². The molecule has 2 aliphatic rings. The van der Waals surface area contributed by atoms with Gasteiger partial charge in [-0.15, -0.1) is 0 Å². The summed E-state index contributed by atoms with van der Waals surface area (Å²) in [4.78, 5) is 32.8. The molecule has 0 saturated heterocycles. The van der Waals surface area contributed by atoms with Crippen LogP contribution in [0.4, 0.5) is 17.1 Å². The zero-order valence-electron chi connectivity index (χ0n) is 17.5. The van der Waals surface area contributed by atoms with Crippen molar-refractivity contribution in [3.63, 3.8) is 0 Å². The first kappa shape index (κ1) is 19.4. The van der Waals surface area contributed by atoms with Crippen molar-refractivity contribution in [2.45, 2.75) is 47.0 Å². The highest BCUT2D eigenvalue weighted by Gasteiger charge is 2.37. The van der Waals surface area contributed by atoms with Gasteiger partial charge in [0.05, 0.1) is 17.3 Å². The minimum atomic E-state index is -0.212.